The van der Waals surface area contributed by atoms with Crippen LogP contribution in [0.4, 0.5) is 0 Å². The van der Waals surface area contributed by atoms with Crippen LogP contribution < -0.4 is 0 Å². The van der Waals surface area contributed by atoms with Gasteiger partial charge in [0.2, 0.25) is 5.91 Å². The molecule has 17 heavy (non-hydrogen) atoms. The highest BCUT2D eigenvalue weighted by Gasteiger charge is 2.24. The highest BCUT2D eigenvalue weighted by molar-refractivity contribution is 5.76. The van der Waals surface area contributed by atoms with Crippen molar-refractivity contribution in [1.29, 1.82) is 5.26 Å². The van der Waals surface area contributed by atoms with E-state index in [4.69, 9.17) is 10.4 Å². The molecular weight excluding hydrogens is 218 g/mol. The molecule has 5 heteroatoms. The first-order chi connectivity index (χ1) is 8.19. The van der Waals surface area contributed by atoms with Crippen molar-refractivity contribution in [1.82, 2.24) is 9.80 Å². The van der Waals surface area contributed by atoms with E-state index in [0.29, 0.717) is 25.9 Å². The van der Waals surface area contributed by atoms with E-state index in [9.17, 15) is 4.79 Å². The summed E-state index contributed by atoms with van der Waals surface area (Å²) < 4.78 is 0. The van der Waals surface area contributed by atoms with Gasteiger partial charge < -0.3 is 10.0 Å². The van der Waals surface area contributed by atoms with E-state index in [2.05, 4.69) is 4.90 Å². The Bertz CT molecular complexity index is 288. The summed E-state index contributed by atoms with van der Waals surface area (Å²) in [7, 11) is 1.73. The van der Waals surface area contributed by atoms with Gasteiger partial charge in [-0.15, -0.1) is 0 Å². The SMILES string of the molecule is CN(CCC#N)C(=O)CCN1CCCC1CO. The number of aliphatic hydroxyl groups is 1. The number of aliphatic hydroxyl groups excluding tert-OH is 1. The first-order valence-electron chi connectivity index (χ1n) is 6.15. The third-order valence-electron chi connectivity index (χ3n) is 3.31. The summed E-state index contributed by atoms with van der Waals surface area (Å²) in [5.41, 5.74) is 0. The van der Waals surface area contributed by atoms with Gasteiger partial charge in [0.25, 0.3) is 0 Å². The minimum atomic E-state index is 0.0730. The maximum atomic E-state index is 11.7. The highest BCUT2D eigenvalue weighted by atomic mass is 16.3. The molecule has 1 unspecified atom stereocenters. The van der Waals surface area contributed by atoms with E-state index in [-0.39, 0.29) is 18.6 Å². The molecule has 1 atom stereocenters. The predicted octanol–water partition coefficient (Wildman–Crippen LogP) is 0.205. The molecule has 0 bridgehead atoms. The molecule has 1 heterocycles. The van der Waals surface area contributed by atoms with Crippen LogP contribution in [0.15, 0.2) is 0 Å². The molecule has 1 aliphatic rings. The predicted molar refractivity (Wildman–Crippen MR) is 64.2 cm³/mol. The fourth-order valence-corrected chi connectivity index (χ4v) is 2.17. The van der Waals surface area contributed by atoms with Crippen molar-refractivity contribution in [3.63, 3.8) is 0 Å². The van der Waals surface area contributed by atoms with Crippen LogP contribution in [0.1, 0.15) is 25.7 Å². The smallest absolute Gasteiger partial charge is 0.223 e. The lowest BCUT2D eigenvalue weighted by Gasteiger charge is -2.23. The summed E-state index contributed by atoms with van der Waals surface area (Å²) >= 11 is 0. The van der Waals surface area contributed by atoms with Gasteiger partial charge >= 0.3 is 0 Å². The zero-order valence-electron chi connectivity index (χ0n) is 10.4. The average Bonchev–Trinajstić information content (AvgIpc) is 2.80. The Balaban J connectivity index is 2.25. The minimum Gasteiger partial charge on any atom is -0.395 e. The topological polar surface area (TPSA) is 67.6 Å². The van der Waals surface area contributed by atoms with Crippen molar-refractivity contribution >= 4 is 5.91 Å². The largest absolute Gasteiger partial charge is 0.395 e. The molecule has 0 aliphatic carbocycles. The summed E-state index contributed by atoms with van der Waals surface area (Å²) in [5.74, 6) is 0.0730. The number of likely N-dealkylation sites (tertiary alicyclic amines) is 1. The molecule has 0 radical (unpaired) electrons. The second-order valence-corrected chi connectivity index (χ2v) is 4.49. The quantitative estimate of drug-likeness (QED) is 0.719. The van der Waals surface area contributed by atoms with Gasteiger partial charge in [-0.2, -0.15) is 5.26 Å². The third kappa shape index (κ3) is 4.33. The molecule has 0 aromatic carbocycles. The van der Waals surface area contributed by atoms with Gasteiger partial charge in [-0.05, 0) is 19.4 Å². The lowest BCUT2D eigenvalue weighted by molar-refractivity contribution is -0.130. The van der Waals surface area contributed by atoms with E-state index < -0.39 is 0 Å². The number of nitrogens with zero attached hydrogens (tertiary/aromatic N) is 3. The van der Waals surface area contributed by atoms with Gasteiger partial charge in [-0.1, -0.05) is 0 Å². The Kier molecular flexibility index (Phi) is 5.95. The van der Waals surface area contributed by atoms with Crippen LogP contribution in [-0.4, -0.2) is 60.1 Å². The van der Waals surface area contributed by atoms with Crippen LogP contribution in [0.25, 0.3) is 0 Å². The molecule has 1 rings (SSSR count). The van der Waals surface area contributed by atoms with Crippen LogP contribution in [0.3, 0.4) is 0 Å². The molecule has 5 nitrogen and oxygen atoms in total. The van der Waals surface area contributed by atoms with Crippen LogP contribution in [-0.2, 0) is 4.79 Å². The van der Waals surface area contributed by atoms with E-state index in [1.165, 1.54) is 0 Å². The molecule has 0 aromatic heterocycles. The number of carbonyl (C=O) groups is 1. The van der Waals surface area contributed by atoms with Crippen molar-refractivity contribution in [2.75, 3.05) is 33.3 Å². The lowest BCUT2D eigenvalue weighted by Crippen LogP contribution is -2.36. The molecule has 96 valence electrons. The lowest BCUT2D eigenvalue weighted by atomic mass is 10.2. The maximum Gasteiger partial charge on any atom is 0.223 e. The van der Waals surface area contributed by atoms with Crippen LogP contribution in [0.2, 0.25) is 0 Å². The van der Waals surface area contributed by atoms with Crippen LogP contribution in [0.5, 0.6) is 0 Å². The number of carbonyl (C=O) groups excluding carboxylic acids is 1. The van der Waals surface area contributed by atoms with E-state index >= 15 is 0 Å². The molecule has 0 spiro atoms. The summed E-state index contributed by atoms with van der Waals surface area (Å²) in [4.78, 5) is 15.5. The third-order valence-corrected chi connectivity index (χ3v) is 3.31. The Labute approximate surface area is 103 Å². The van der Waals surface area contributed by atoms with Crippen molar-refractivity contribution in [3.05, 3.63) is 0 Å². The zero-order chi connectivity index (χ0) is 12.7. The second-order valence-electron chi connectivity index (χ2n) is 4.49. The van der Waals surface area contributed by atoms with Gasteiger partial charge in [0.1, 0.15) is 0 Å². The Morgan fingerprint density at radius 2 is 2.41 bits per heavy atom. The van der Waals surface area contributed by atoms with Gasteiger partial charge in [-0.3, -0.25) is 9.69 Å². The molecule has 1 saturated heterocycles. The Morgan fingerprint density at radius 3 is 3.06 bits per heavy atom. The Morgan fingerprint density at radius 1 is 1.65 bits per heavy atom. The van der Waals surface area contributed by atoms with E-state index in [1.54, 1.807) is 11.9 Å². The number of hydrogen-bond acceptors (Lipinski definition) is 4. The fourth-order valence-electron chi connectivity index (χ4n) is 2.17. The number of nitriles is 1. The number of hydrogen-bond donors (Lipinski definition) is 1. The molecule has 1 fully saturated rings. The van der Waals surface area contributed by atoms with Crippen molar-refractivity contribution in [2.24, 2.45) is 0 Å². The van der Waals surface area contributed by atoms with Crippen LogP contribution in [0, 0.1) is 11.3 Å². The minimum absolute atomic E-state index is 0.0730. The molecule has 0 aromatic rings. The monoisotopic (exact) mass is 239 g/mol. The average molecular weight is 239 g/mol. The van der Waals surface area contributed by atoms with Crippen molar-refractivity contribution < 1.29 is 9.90 Å². The first kappa shape index (κ1) is 13.9. The molecule has 1 aliphatic heterocycles. The zero-order valence-corrected chi connectivity index (χ0v) is 10.4. The first-order valence-corrected chi connectivity index (χ1v) is 6.15. The van der Waals surface area contributed by atoms with Gasteiger partial charge in [-0.25, -0.2) is 0 Å². The van der Waals surface area contributed by atoms with Gasteiger partial charge in [0.05, 0.1) is 19.1 Å². The number of rotatable bonds is 6. The molecule has 1 N–H and O–H groups in total. The highest BCUT2D eigenvalue weighted by Crippen LogP contribution is 2.16. The molecular formula is C12H21N3O2. The van der Waals surface area contributed by atoms with Crippen molar-refractivity contribution in [3.8, 4) is 6.07 Å². The second kappa shape index (κ2) is 7.25. The summed E-state index contributed by atoms with van der Waals surface area (Å²) in [6.45, 7) is 2.36. The van der Waals surface area contributed by atoms with Crippen LogP contribution >= 0.6 is 0 Å². The Hall–Kier alpha value is -1.12. The van der Waals surface area contributed by atoms with Crippen molar-refractivity contribution in [2.45, 2.75) is 31.7 Å². The van der Waals surface area contributed by atoms with Gasteiger partial charge in [0.15, 0.2) is 0 Å². The standard InChI is InChI=1S/C12H21N3O2/c1-14(7-3-6-13)12(17)5-9-15-8-2-4-11(15)10-16/h11,16H,2-5,7-10H2,1H3. The van der Waals surface area contributed by atoms with Gasteiger partial charge in [0, 0.05) is 32.6 Å². The molecule has 0 saturated carbocycles. The fraction of sp³-hybridized carbons (Fsp3) is 0.833. The summed E-state index contributed by atoms with van der Waals surface area (Å²) in [6, 6.07) is 2.26. The van der Waals surface area contributed by atoms with E-state index in [0.717, 1.165) is 19.4 Å². The summed E-state index contributed by atoms with van der Waals surface area (Å²) in [5, 5.41) is 17.6. The number of amides is 1. The molecule has 1 amide bonds. The maximum absolute atomic E-state index is 11.7. The normalized spacial score (nSPS) is 20.2. The van der Waals surface area contributed by atoms with E-state index in [1.807, 2.05) is 6.07 Å². The summed E-state index contributed by atoms with van der Waals surface area (Å²) in [6.07, 6.45) is 2.97.